The second-order valence-corrected chi connectivity index (χ2v) is 6.06. The smallest absolute Gasteiger partial charge is 0.370 e. The van der Waals surface area contributed by atoms with Gasteiger partial charge in [0, 0.05) is 25.3 Å². The van der Waals surface area contributed by atoms with Crippen LogP contribution >= 0.6 is 0 Å². The minimum absolute atomic E-state index is 0.0179. The number of allylic oxidation sites excluding steroid dienone is 1. The average molecular weight is 308 g/mol. The Morgan fingerprint density at radius 3 is 2.32 bits per heavy atom. The number of halogens is 3. The molecule has 5 heteroatoms. The van der Waals surface area contributed by atoms with Crippen molar-refractivity contribution in [1.82, 2.24) is 10.2 Å². The predicted octanol–water partition coefficient (Wildman–Crippen LogP) is 3.88. The summed E-state index contributed by atoms with van der Waals surface area (Å²) in [4.78, 5) is 2.05. The van der Waals surface area contributed by atoms with Crippen molar-refractivity contribution >= 4 is 0 Å². The monoisotopic (exact) mass is 308 g/mol. The van der Waals surface area contributed by atoms with Crippen LogP contribution in [0.15, 0.2) is 48.2 Å². The van der Waals surface area contributed by atoms with Gasteiger partial charge in [-0.05, 0) is 36.6 Å². The fraction of sp³-hybridized carbons (Fsp3) is 0.412. The third kappa shape index (κ3) is 3.19. The lowest BCUT2D eigenvalue weighted by molar-refractivity contribution is -0.137. The fourth-order valence-corrected chi connectivity index (χ4v) is 2.84. The maximum Gasteiger partial charge on any atom is 0.416 e. The first kappa shape index (κ1) is 15.2. The molecule has 118 valence electrons. The van der Waals surface area contributed by atoms with E-state index < -0.39 is 11.7 Å². The molecule has 1 aromatic rings. The highest BCUT2D eigenvalue weighted by Crippen LogP contribution is 2.33. The first-order chi connectivity index (χ1) is 10.3. The number of hydrogen-bond donors (Lipinski definition) is 1. The van der Waals surface area contributed by atoms with Gasteiger partial charge < -0.3 is 10.2 Å². The van der Waals surface area contributed by atoms with Crippen molar-refractivity contribution in [3.05, 3.63) is 59.3 Å². The number of likely N-dealkylation sites (N-methyl/N-ethyl adjacent to an activating group) is 1. The Morgan fingerprint density at radius 1 is 1.18 bits per heavy atom. The van der Waals surface area contributed by atoms with Crippen molar-refractivity contribution in [2.24, 2.45) is 0 Å². The van der Waals surface area contributed by atoms with Crippen LogP contribution in [-0.4, -0.2) is 24.0 Å². The lowest BCUT2D eigenvalue weighted by Gasteiger charge is -2.29. The molecule has 0 saturated carbocycles. The molecule has 2 aliphatic heterocycles. The van der Waals surface area contributed by atoms with Crippen molar-refractivity contribution in [2.75, 3.05) is 7.05 Å². The summed E-state index contributed by atoms with van der Waals surface area (Å²) >= 11 is 0. The van der Waals surface area contributed by atoms with Gasteiger partial charge in [0.25, 0.3) is 0 Å². The van der Waals surface area contributed by atoms with E-state index in [4.69, 9.17) is 0 Å². The Hall–Kier alpha value is -1.75. The van der Waals surface area contributed by atoms with Crippen LogP contribution in [0.5, 0.6) is 0 Å². The van der Waals surface area contributed by atoms with E-state index in [2.05, 4.69) is 24.5 Å². The SMILES string of the molecule is CC1NC1CC1=CN(C)C(c2ccc(C(F)(F)F)cc2)C=C1. The summed E-state index contributed by atoms with van der Waals surface area (Å²) in [7, 11) is 1.95. The van der Waals surface area contributed by atoms with E-state index in [1.165, 1.54) is 5.57 Å². The molecule has 2 aliphatic rings. The van der Waals surface area contributed by atoms with E-state index >= 15 is 0 Å². The average Bonchev–Trinajstić information content (AvgIpc) is 3.13. The minimum Gasteiger partial charge on any atom is -0.370 e. The molecule has 2 nitrogen and oxygen atoms in total. The third-order valence-corrected chi connectivity index (χ3v) is 4.31. The molecule has 0 bridgehead atoms. The molecule has 0 aliphatic carbocycles. The summed E-state index contributed by atoms with van der Waals surface area (Å²) in [5.41, 5.74) is 1.50. The standard InChI is InChI=1S/C17H19F3N2/c1-11-15(21-11)9-12-3-8-16(22(2)10-12)13-4-6-14(7-5-13)17(18,19)20/h3-8,10-11,15-16,21H,9H2,1-2H3. The zero-order valence-electron chi connectivity index (χ0n) is 12.6. The Morgan fingerprint density at radius 2 is 1.82 bits per heavy atom. The molecule has 0 amide bonds. The molecule has 3 unspecified atom stereocenters. The Kier molecular flexibility index (Phi) is 3.77. The van der Waals surface area contributed by atoms with E-state index in [1.54, 1.807) is 12.1 Å². The second kappa shape index (κ2) is 5.47. The molecule has 22 heavy (non-hydrogen) atoms. The van der Waals surface area contributed by atoms with Crippen LogP contribution in [-0.2, 0) is 6.18 Å². The molecular formula is C17H19F3N2. The van der Waals surface area contributed by atoms with Gasteiger partial charge in [0.2, 0.25) is 0 Å². The van der Waals surface area contributed by atoms with Gasteiger partial charge in [0.15, 0.2) is 0 Å². The van der Waals surface area contributed by atoms with Crippen molar-refractivity contribution in [2.45, 2.75) is 37.6 Å². The van der Waals surface area contributed by atoms with E-state index in [0.29, 0.717) is 12.1 Å². The van der Waals surface area contributed by atoms with E-state index in [1.807, 2.05) is 18.0 Å². The summed E-state index contributed by atoms with van der Waals surface area (Å²) in [6.45, 7) is 2.16. The minimum atomic E-state index is -4.28. The summed E-state index contributed by atoms with van der Waals surface area (Å²) in [6, 6.07) is 6.50. The Balaban J connectivity index is 1.70. The molecule has 3 rings (SSSR count). The summed E-state index contributed by atoms with van der Waals surface area (Å²) in [6.07, 6.45) is 2.91. The summed E-state index contributed by atoms with van der Waals surface area (Å²) < 4.78 is 37.8. The van der Waals surface area contributed by atoms with Gasteiger partial charge in [-0.1, -0.05) is 24.3 Å². The number of nitrogens with zero attached hydrogens (tertiary/aromatic N) is 1. The molecule has 0 aromatic heterocycles. The van der Waals surface area contributed by atoms with Crippen molar-refractivity contribution < 1.29 is 13.2 Å². The number of alkyl halides is 3. The van der Waals surface area contributed by atoms with Crippen LogP contribution in [0.4, 0.5) is 13.2 Å². The second-order valence-electron chi connectivity index (χ2n) is 6.06. The largest absolute Gasteiger partial charge is 0.416 e. The third-order valence-electron chi connectivity index (χ3n) is 4.31. The van der Waals surface area contributed by atoms with Crippen LogP contribution in [0.1, 0.15) is 30.5 Å². The first-order valence-corrected chi connectivity index (χ1v) is 7.38. The predicted molar refractivity (Wildman–Crippen MR) is 80.2 cm³/mol. The summed E-state index contributed by atoms with van der Waals surface area (Å²) in [5, 5.41) is 3.36. The van der Waals surface area contributed by atoms with Crippen molar-refractivity contribution in [1.29, 1.82) is 0 Å². The maximum atomic E-state index is 12.6. The molecule has 0 radical (unpaired) electrons. The van der Waals surface area contributed by atoms with Gasteiger partial charge >= 0.3 is 6.18 Å². The molecule has 3 atom stereocenters. The number of hydrogen-bond acceptors (Lipinski definition) is 2. The zero-order valence-corrected chi connectivity index (χ0v) is 12.6. The number of benzene rings is 1. The Bertz CT molecular complexity index is 601. The van der Waals surface area contributed by atoms with Crippen molar-refractivity contribution in [3.63, 3.8) is 0 Å². The van der Waals surface area contributed by atoms with Gasteiger partial charge in [-0.15, -0.1) is 0 Å². The van der Waals surface area contributed by atoms with Crippen LogP contribution in [0.3, 0.4) is 0 Å². The summed E-state index contributed by atoms with van der Waals surface area (Å²) in [5.74, 6) is 0. The van der Waals surface area contributed by atoms with Gasteiger partial charge in [0.1, 0.15) is 0 Å². The van der Waals surface area contributed by atoms with E-state index in [9.17, 15) is 13.2 Å². The molecule has 1 aromatic carbocycles. The normalized spacial score (nSPS) is 27.8. The van der Waals surface area contributed by atoms with Crippen LogP contribution in [0.2, 0.25) is 0 Å². The van der Waals surface area contributed by atoms with E-state index in [-0.39, 0.29) is 6.04 Å². The van der Waals surface area contributed by atoms with Gasteiger partial charge in [-0.25, -0.2) is 0 Å². The van der Waals surface area contributed by atoms with Gasteiger partial charge in [-0.3, -0.25) is 0 Å². The van der Waals surface area contributed by atoms with Crippen molar-refractivity contribution in [3.8, 4) is 0 Å². The van der Waals surface area contributed by atoms with Gasteiger partial charge in [0.05, 0.1) is 11.6 Å². The lowest BCUT2D eigenvalue weighted by atomic mass is 9.98. The number of nitrogens with one attached hydrogen (secondary N) is 1. The zero-order chi connectivity index (χ0) is 15.9. The fourth-order valence-electron chi connectivity index (χ4n) is 2.84. The molecule has 2 heterocycles. The highest BCUT2D eigenvalue weighted by molar-refractivity contribution is 5.34. The van der Waals surface area contributed by atoms with Crippen LogP contribution in [0, 0.1) is 0 Å². The highest BCUT2D eigenvalue weighted by Gasteiger charge is 2.32. The maximum absolute atomic E-state index is 12.6. The molecule has 1 N–H and O–H groups in total. The van der Waals surface area contributed by atoms with Crippen LogP contribution < -0.4 is 5.32 Å². The number of rotatable bonds is 3. The lowest BCUT2D eigenvalue weighted by Crippen LogP contribution is -2.21. The van der Waals surface area contributed by atoms with Crippen LogP contribution in [0.25, 0.3) is 0 Å². The molecule has 0 spiro atoms. The molecule has 1 saturated heterocycles. The first-order valence-electron chi connectivity index (χ1n) is 7.38. The quantitative estimate of drug-likeness (QED) is 0.857. The molecule has 1 fully saturated rings. The van der Waals surface area contributed by atoms with E-state index in [0.717, 1.165) is 24.1 Å². The molecular weight excluding hydrogens is 289 g/mol. The highest BCUT2D eigenvalue weighted by atomic mass is 19.4. The van der Waals surface area contributed by atoms with Gasteiger partial charge in [-0.2, -0.15) is 13.2 Å². The topological polar surface area (TPSA) is 25.2 Å². The Labute approximate surface area is 128 Å².